The molecular weight excluding hydrogens is 490 g/mol. The third kappa shape index (κ3) is 4.49. The second kappa shape index (κ2) is 9.84. The highest BCUT2D eigenvalue weighted by Crippen LogP contribution is 2.49. The van der Waals surface area contributed by atoms with Gasteiger partial charge in [-0.15, -0.1) is 0 Å². The molecule has 2 aromatic carbocycles. The molecule has 9 heteroatoms. The highest BCUT2D eigenvalue weighted by atomic mass is 35.5. The normalized spacial score (nSPS) is 19.7. The van der Waals surface area contributed by atoms with Crippen molar-refractivity contribution < 1.29 is 14.3 Å². The van der Waals surface area contributed by atoms with Crippen LogP contribution in [0.1, 0.15) is 30.5 Å². The topological polar surface area (TPSA) is 79.8 Å². The Morgan fingerprint density at radius 2 is 2.00 bits per heavy atom. The monoisotopic (exact) mass is 521 g/mol. The minimum absolute atomic E-state index is 0.250. The molecule has 2 aliphatic heterocycles. The van der Waals surface area contributed by atoms with Gasteiger partial charge < -0.3 is 24.6 Å². The van der Waals surface area contributed by atoms with E-state index in [0.717, 1.165) is 42.2 Å². The number of hydrogen-bond acceptors (Lipinski definition) is 8. The fourth-order valence-corrected chi connectivity index (χ4v) is 5.60. The predicted octanol–water partition coefficient (Wildman–Crippen LogP) is 5.09. The molecule has 37 heavy (non-hydrogen) atoms. The summed E-state index contributed by atoms with van der Waals surface area (Å²) in [5, 5.41) is 3.77. The minimum atomic E-state index is -0.487. The van der Waals surface area contributed by atoms with Crippen LogP contribution >= 0.6 is 11.6 Å². The van der Waals surface area contributed by atoms with Crippen molar-refractivity contribution in [2.75, 3.05) is 44.6 Å². The van der Waals surface area contributed by atoms with Crippen molar-refractivity contribution in [3.05, 3.63) is 64.3 Å². The number of methoxy groups -OCH3 is 2. The molecule has 8 nitrogen and oxygen atoms in total. The number of carbonyl (C=O) groups excluding carboxylic acids is 1. The Bertz CT molecular complexity index is 1350. The van der Waals surface area contributed by atoms with Crippen molar-refractivity contribution in [3.63, 3.8) is 0 Å². The van der Waals surface area contributed by atoms with E-state index in [1.807, 2.05) is 25.1 Å². The molecule has 0 spiro atoms. The van der Waals surface area contributed by atoms with Gasteiger partial charge in [0, 0.05) is 30.7 Å². The smallest absolute Gasteiger partial charge is 0.309 e. The molecular formula is C28H32ClN5O3. The fourth-order valence-electron chi connectivity index (χ4n) is 5.41. The lowest BCUT2D eigenvalue weighted by Gasteiger charge is -2.31. The van der Waals surface area contributed by atoms with Crippen LogP contribution in [0, 0.1) is 5.92 Å². The number of esters is 1. The number of aromatic nitrogens is 2. The van der Waals surface area contributed by atoms with Crippen molar-refractivity contribution in [2.45, 2.75) is 32.2 Å². The molecule has 3 heterocycles. The minimum Gasteiger partial charge on any atom is -0.495 e. The first-order valence-electron chi connectivity index (χ1n) is 12.4. The molecule has 5 rings (SSSR count). The molecule has 2 atom stereocenters. The van der Waals surface area contributed by atoms with Crippen molar-refractivity contribution in [3.8, 4) is 5.75 Å². The van der Waals surface area contributed by atoms with E-state index in [1.165, 1.54) is 18.2 Å². The summed E-state index contributed by atoms with van der Waals surface area (Å²) in [7, 11) is 5.21. The fraction of sp³-hybridized carbons (Fsp3) is 0.393. The van der Waals surface area contributed by atoms with Gasteiger partial charge in [0.1, 0.15) is 10.8 Å². The number of nitrogens with zero attached hydrogens (tertiary/aromatic N) is 4. The zero-order valence-electron chi connectivity index (χ0n) is 21.8. The van der Waals surface area contributed by atoms with Crippen molar-refractivity contribution >= 4 is 40.7 Å². The number of likely N-dealkylation sites (N-methyl/N-ethyl adjacent to an activating group) is 1. The second-order valence-electron chi connectivity index (χ2n) is 10.1. The third-order valence-corrected chi connectivity index (χ3v) is 8.03. The molecule has 2 aliphatic rings. The van der Waals surface area contributed by atoms with Gasteiger partial charge in [0.15, 0.2) is 5.82 Å². The van der Waals surface area contributed by atoms with Crippen LogP contribution in [-0.4, -0.2) is 55.2 Å². The maximum absolute atomic E-state index is 12.5. The SMILES string of the molecule is COC(=O)[C@@H](C)[C@]1(C)CN(c2nc(Nc3cc4c(cc3OC)CCN(C)C4)ncc2Cl)c2ccccc21. The Kier molecular flexibility index (Phi) is 6.72. The number of halogens is 1. The van der Waals surface area contributed by atoms with Crippen LogP contribution in [0.25, 0.3) is 0 Å². The lowest BCUT2D eigenvalue weighted by atomic mass is 9.74. The first-order valence-corrected chi connectivity index (χ1v) is 12.8. The summed E-state index contributed by atoms with van der Waals surface area (Å²) in [4.78, 5) is 26.2. The summed E-state index contributed by atoms with van der Waals surface area (Å²) in [6.07, 6.45) is 2.59. The lowest BCUT2D eigenvalue weighted by Crippen LogP contribution is -2.39. The van der Waals surface area contributed by atoms with Gasteiger partial charge in [-0.1, -0.05) is 43.6 Å². The molecule has 1 N–H and O–H groups in total. The van der Waals surface area contributed by atoms with Gasteiger partial charge in [0.25, 0.3) is 0 Å². The molecule has 1 aromatic heterocycles. The average Bonchev–Trinajstić information content (AvgIpc) is 3.22. The summed E-state index contributed by atoms with van der Waals surface area (Å²) in [6, 6.07) is 12.2. The van der Waals surface area contributed by atoms with E-state index in [2.05, 4.69) is 52.3 Å². The van der Waals surface area contributed by atoms with Crippen LogP contribution in [0.2, 0.25) is 5.02 Å². The van der Waals surface area contributed by atoms with Crippen LogP contribution in [-0.2, 0) is 27.9 Å². The number of carbonyl (C=O) groups is 1. The Morgan fingerprint density at radius 3 is 2.76 bits per heavy atom. The van der Waals surface area contributed by atoms with E-state index in [1.54, 1.807) is 13.3 Å². The number of para-hydroxylation sites is 1. The van der Waals surface area contributed by atoms with Crippen molar-refractivity contribution in [1.29, 1.82) is 0 Å². The van der Waals surface area contributed by atoms with E-state index in [9.17, 15) is 4.79 Å². The standard InChI is InChI=1S/C28H32ClN5O3/c1-17(26(35)37-5)28(2)16-34(23-9-7-6-8-20(23)28)25-21(29)14-30-27(32-25)31-22-12-19-15-33(3)11-10-18(19)13-24(22)36-4/h6-9,12-14,17H,10-11,15-16H2,1-5H3,(H,30,31,32)/t17-,28+/m1/s1. The van der Waals surface area contributed by atoms with Gasteiger partial charge in [-0.3, -0.25) is 4.79 Å². The molecule has 0 amide bonds. The highest BCUT2D eigenvalue weighted by molar-refractivity contribution is 6.33. The predicted molar refractivity (Wildman–Crippen MR) is 145 cm³/mol. The number of nitrogens with one attached hydrogen (secondary N) is 1. The van der Waals surface area contributed by atoms with Crippen molar-refractivity contribution in [1.82, 2.24) is 14.9 Å². The summed E-state index contributed by atoms with van der Waals surface area (Å²) in [5.41, 5.74) is 4.88. The number of hydrogen-bond donors (Lipinski definition) is 1. The summed E-state index contributed by atoms with van der Waals surface area (Å²) >= 11 is 6.66. The number of ether oxygens (including phenoxy) is 2. The number of rotatable bonds is 6. The summed E-state index contributed by atoms with van der Waals surface area (Å²) in [6.45, 7) is 6.41. The van der Waals surface area contributed by atoms with E-state index < -0.39 is 5.41 Å². The average molecular weight is 522 g/mol. The maximum atomic E-state index is 12.5. The maximum Gasteiger partial charge on any atom is 0.309 e. The van der Waals surface area contributed by atoms with Crippen LogP contribution in [0.4, 0.5) is 23.1 Å². The highest BCUT2D eigenvalue weighted by Gasteiger charge is 2.47. The Labute approximate surface area is 222 Å². The molecule has 0 radical (unpaired) electrons. The molecule has 0 saturated heterocycles. The first kappa shape index (κ1) is 25.3. The van der Waals surface area contributed by atoms with Gasteiger partial charge in [-0.05, 0) is 48.4 Å². The first-order chi connectivity index (χ1) is 17.7. The third-order valence-electron chi connectivity index (χ3n) is 7.76. The quantitative estimate of drug-likeness (QED) is 0.449. The molecule has 3 aromatic rings. The van der Waals surface area contributed by atoms with Gasteiger partial charge in [-0.25, -0.2) is 4.98 Å². The number of fused-ring (bicyclic) bond motifs is 2. The Morgan fingerprint density at radius 1 is 1.22 bits per heavy atom. The van der Waals surface area contributed by atoms with Crippen molar-refractivity contribution in [2.24, 2.45) is 5.92 Å². The molecule has 0 aliphatic carbocycles. The molecule has 194 valence electrons. The zero-order chi connectivity index (χ0) is 26.3. The van der Waals surface area contributed by atoms with Gasteiger partial charge in [-0.2, -0.15) is 4.98 Å². The summed E-state index contributed by atoms with van der Waals surface area (Å²) < 4.78 is 10.8. The number of anilines is 4. The van der Waals surface area contributed by atoms with Crippen LogP contribution in [0.5, 0.6) is 5.75 Å². The molecule has 0 bridgehead atoms. The second-order valence-corrected chi connectivity index (χ2v) is 10.5. The zero-order valence-corrected chi connectivity index (χ0v) is 22.6. The molecule has 0 saturated carbocycles. The summed E-state index contributed by atoms with van der Waals surface area (Å²) in [5.74, 6) is 1.12. The van der Waals surface area contributed by atoms with Gasteiger partial charge in [0.05, 0.1) is 32.0 Å². The van der Waals surface area contributed by atoms with E-state index in [0.29, 0.717) is 23.3 Å². The molecule has 0 fully saturated rings. The Balaban J connectivity index is 1.51. The van der Waals surface area contributed by atoms with E-state index in [4.69, 9.17) is 26.1 Å². The van der Waals surface area contributed by atoms with Crippen LogP contribution in [0.15, 0.2) is 42.6 Å². The van der Waals surface area contributed by atoms with Crippen LogP contribution < -0.4 is 15.0 Å². The van der Waals surface area contributed by atoms with Crippen LogP contribution in [0.3, 0.4) is 0 Å². The van der Waals surface area contributed by atoms with E-state index >= 15 is 0 Å². The van der Waals surface area contributed by atoms with Gasteiger partial charge in [0.2, 0.25) is 5.95 Å². The Hall–Kier alpha value is -3.36. The molecule has 0 unspecified atom stereocenters. The van der Waals surface area contributed by atoms with Gasteiger partial charge >= 0.3 is 5.97 Å². The lowest BCUT2D eigenvalue weighted by molar-refractivity contribution is -0.147. The largest absolute Gasteiger partial charge is 0.495 e. The number of benzene rings is 2. The van der Waals surface area contributed by atoms with E-state index in [-0.39, 0.29) is 11.9 Å².